The monoisotopic (exact) mass is 412 g/mol. The lowest BCUT2D eigenvalue weighted by molar-refractivity contribution is 0.469. The highest BCUT2D eigenvalue weighted by atomic mass is 15.4. The van der Waals surface area contributed by atoms with Crippen LogP contribution in [0.25, 0.3) is 28.3 Å². The molecule has 0 amide bonds. The van der Waals surface area contributed by atoms with Crippen LogP contribution in [-0.2, 0) is 0 Å². The summed E-state index contributed by atoms with van der Waals surface area (Å²) in [5, 5.41) is 16.2. The Balaban J connectivity index is 1.51. The number of H-pyrrole nitrogens is 1. The van der Waals surface area contributed by atoms with Crippen molar-refractivity contribution in [3.8, 4) is 28.3 Å². The number of hydrogen-bond acceptors (Lipinski definition) is 6. The van der Waals surface area contributed by atoms with Crippen LogP contribution >= 0.6 is 0 Å². The van der Waals surface area contributed by atoms with Gasteiger partial charge in [-0.15, -0.1) is 10.2 Å². The maximum atomic E-state index is 5.10. The van der Waals surface area contributed by atoms with E-state index in [9.17, 15) is 0 Å². The van der Waals surface area contributed by atoms with Gasteiger partial charge in [0.1, 0.15) is 17.7 Å². The number of hydrogen-bond donors (Lipinski definition) is 1. The van der Waals surface area contributed by atoms with Gasteiger partial charge in [-0.25, -0.2) is 9.97 Å². The molecule has 1 unspecified atom stereocenters. The Morgan fingerprint density at radius 1 is 1.13 bits per heavy atom. The van der Waals surface area contributed by atoms with E-state index in [1.807, 2.05) is 35.2 Å². The zero-order valence-electron chi connectivity index (χ0n) is 17.4. The number of anilines is 1. The molecule has 1 aliphatic heterocycles. The smallest absolute Gasteiger partial charge is 0.182 e. The molecule has 0 spiro atoms. The van der Waals surface area contributed by atoms with Gasteiger partial charge in [0.05, 0.1) is 12.2 Å². The number of fused-ring (bicyclic) bond motifs is 3. The number of nitrogens with one attached hydrogen (secondary N) is 1. The molecule has 3 aromatic heterocycles. The Kier molecular flexibility index (Phi) is 4.29. The van der Waals surface area contributed by atoms with Crippen LogP contribution < -0.4 is 4.90 Å². The van der Waals surface area contributed by atoms with Crippen LogP contribution in [0.4, 0.5) is 5.82 Å². The van der Waals surface area contributed by atoms with E-state index in [2.05, 4.69) is 44.4 Å². The van der Waals surface area contributed by atoms with Crippen LogP contribution in [0.3, 0.4) is 0 Å². The first-order valence-corrected chi connectivity index (χ1v) is 11.0. The summed E-state index contributed by atoms with van der Waals surface area (Å²) >= 11 is 0. The van der Waals surface area contributed by atoms with E-state index in [0.717, 1.165) is 40.6 Å². The quantitative estimate of drug-likeness (QED) is 0.537. The molecule has 4 aromatic rings. The Bertz CT molecular complexity index is 1210. The molecular formula is C23H24N8. The molecule has 1 N–H and O–H groups in total. The van der Waals surface area contributed by atoms with Gasteiger partial charge in [0.15, 0.2) is 17.5 Å². The molecule has 156 valence electrons. The van der Waals surface area contributed by atoms with E-state index in [-0.39, 0.29) is 6.04 Å². The van der Waals surface area contributed by atoms with Gasteiger partial charge in [0, 0.05) is 17.8 Å². The number of aromatic nitrogens is 7. The van der Waals surface area contributed by atoms with Gasteiger partial charge in [-0.1, -0.05) is 50.1 Å². The zero-order chi connectivity index (χ0) is 20.8. The van der Waals surface area contributed by atoms with Crippen LogP contribution in [0.1, 0.15) is 50.9 Å². The molecule has 0 bridgehead atoms. The molecule has 1 fully saturated rings. The predicted octanol–water partition coefficient (Wildman–Crippen LogP) is 4.33. The highest BCUT2D eigenvalue weighted by Gasteiger charge is 2.38. The molecular weight excluding hydrogens is 388 g/mol. The maximum absolute atomic E-state index is 5.10. The highest BCUT2D eigenvalue weighted by molar-refractivity contribution is 5.78. The fourth-order valence-electron chi connectivity index (χ4n) is 5.06. The summed E-state index contributed by atoms with van der Waals surface area (Å²) in [5.74, 6) is 2.56. The fourth-order valence-corrected chi connectivity index (χ4v) is 5.06. The molecule has 0 radical (unpaired) electrons. The van der Waals surface area contributed by atoms with Crippen molar-refractivity contribution in [1.82, 2.24) is 34.9 Å². The van der Waals surface area contributed by atoms with Crippen molar-refractivity contribution in [2.45, 2.75) is 51.1 Å². The van der Waals surface area contributed by atoms with Crippen molar-refractivity contribution in [3.63, 3.8) is 0 Å². The van der Waals surface area contributed by atoms with E-state index in [0.29, 0.717) is 11.9 Å². The second-order valence-corrected chi connectivity index (χ2v) is 8.24. The lowest BCUT2D eigenvalue weighted by Crippen LogP contribution is -2.42. The van der Waals surface area contributed by atoms with E-state index in [1.54, 1.807) is 6.33 Å². The third-order valence-corrected chi connectivity index (χ3v) is 6.50. The normalized spacial score (nSPS) is 18.2. The highest BCUT2D eigenvalue weighted by Crippen LogP contribution is 2.43. The van der Waals surface area contributed by atoms with Crippen molar-refractivity contribution >= 4 is 5.82 Å². The molecule has 1 saturated carbocycles. The van der Waals surface area contributed by atoms with Crippen LogP contribution in [0, 0.1) is 0 Å². The molecule has 2 aliphatic rings. The molecule has 1 aliphatic carbocycles. The maximum Gasteiger partial charge on any atom is 0.182 e. The Labute approximate surface area is 180 Å². The van der Waals surface area contributed by atoms with Gasteiger partial charge in [0.25, 0.3) is 0 Å². The van der Waals surface area contributed by atoms with E-state index in [4.69, 9.17) is 9.97 Å². The van der Waals surface area contributed by atoms with Crippen LogP contribution in [0.2, 0.25) is 0 Å². The van der Waals surface area contributed by atoms with Gasteiger partial charge in [-0.3, -0.25) is 9.67 Å². The molecule has 0 saturated heterocycles. The molecule has 8 heteroatoms. The molecule has 1 aromatic carbocycles. The molecule has 8 nitrogen and oxygen atoms in total. The number of benzene rings is 1. The largest absolute Gasteiger partial charge is 0.341 e. The first kappa shape index (κ1) is 18.2. The molecule has 6 rings (SSSR count). The minimum atomic E-state index is 0.161. The van der Waals surface area contributed by atoms with Crippen molar-refractivity contribution in [3.05, 3.63) is 54.9 Å². The Morgan fingerprint density at radius 2 is 1.97 bits per heavy atom. The standard InChI is InChI=1S/C23H24N8/c1-2-18-23-29-26-14-30(23)19-13-24-21(27-22(19)31(18)16-10-6-7-11-16)20-17(12-25-28-20)15-8-4-3-5-9-15/h3-5,8-9,12-14,16,18H,2,6-7,10-11H2,1H3,(H,25,28). The summed E-state index contributed by atoms with van der Waals surface area (Å²) in [4.78, 5) is 12.3. The SMILES string of the molecule is CCC1c2nncn2-c2cnc(-c3n[nH]cc3-c3ccccc3)nc2N1C1CCCC1. The van der Waals surface area contributed by atoms with Crippen LogP contribution in [0.5, 0.6) is 0 Å². The van der Waals surface area contributed by atoms with E-state index >= 15 is 0 Å². The van der Waals surface area contributed by atoms with Gasteiger partial charge < -0.3 is 4.90 Å². The number of aromatic amines is 1. The van der Waals surface area contributed by atoms with Gasteiger partial charge in [-0.2, -0.15) is 5.10 Å². The van der Waals surface area contributed by atoms with Crippen molar-refractivity contribution in [2.75, 3.05) is 4.90 Å². The average Bonchev–Trinajstić information content (AvgIpc) is 3.59. The average molecular weight is 413 g/mol. The minimum Gasteiger partial charge on any atom is -0.341 e. The van der Waals surface area contributed by atoms with Crippen LogP contribution in [0.15, 0.2) is 49.1 Å². The molecule has 31 heavy (non-hydrogen) atoms. The first-order valence-electron chi connectivity index (χ1n) is 11.0. The van der Waals surface area contributed by atoms with E-state index in [1.165, 1.54) is 25.7 Å². The summed E-state index contributed by atoms with van der Waals surface area (Å²) in [6.07, 6.45) is 11.4. The summed E-state index contributed by atoms with van der Waals surface area (Å²) in [6, 6.07) is 10.8. The third-order valence-electron chi connectivity index (χ3n) is 6.50. The third kappa shape index (κ3) is 2.85. The van der Waals surface area contributed by atoms with Gasteiger partial charge in [0.2, 0.25) is 0 Å². The summed E-state index contributed by atoms with van der Waals surface area (Å²) in [6.45, 7) is 2.21. The first-order chi connectivity index (χ1) is 15.3. The van der Waals surface area contributed by atoms with Gasteiger partial charge in [-0.05, 0) is 24.8 Å². The topological polar surface area (TPSA) is 88.4 Å². The summed E-state index contributed by atoms with van der Waals surface area (Å²) in [5.41, 5.74) is 3.80. The van der Waals surface area contributed by atoms with Crippen molar-refractivity contribution in [2.24, 2.45) is 0 Å². The number of rotatable bonds is 4. The molecule has 1 atom stereocenters. The fraction of sp³-hybridized carbons (Fsp3) is 0.348. The predicted molar refractivity (Wildman–Crippen MR) is 118 cm³/mol. The Hall–Kier alpha value is -3.55. The van der Waals surface area contributed by atoms with Crippen LogP contribution in [-0.4, -0.2) is 41.0 Å². The van der Waals surface area contributed by atoms with E-state index < -0.39 is 0 Å². The van der Waals surface area contributed by atoms with Crippen molar-refractivity contribution in [1.29, 1.82) is 0 Å². The molecule has 4 heterocycles. The second kappa shape index (κ2) is 7.30. The lowest BCUT2D eigenvalue weighted by atomic mass is 10.0. The number of nitrogens with zero attached hydrogens (tertiary/aromatic N) is 7. The lowest BCUT2D eigenvalue weighted by Gasteiger charge is -2.40. The van der Waals surface area contributed by atoms with Gasteiger partial charge >= 0.3 is 0 Å². The van der Waals surface area contributed by atoms with Crippen molar-refractivity contribution < 1.29 is 0 Å². The summed E-state index contributed by atoms with van der Waals surface area (Å²) < 4.78 is 2.04. The zero-order valence-corrected chi connectivity index (χ0v) is 17.4. The minimum absolute atomic E-state index is 0.161. The summed E-state index contributed by atoms with van der Waals surface area (Å²) in [7, 11) is 0. The Morgan fingerprint density at radius 3 is 2.77 bits per heavy atom. The second-order valence-electron chi connectivity index (χ2n) is 8.24.